The molecule has 1 amide bonds. The zero-order valence-electron chi connectivity index (χ0n) is 24.3. The Balaban J connectivity index is 1.45. The number of likely N-dealkylation sites (tertiary alicyclic amines) is 1. The predicted octanol–water partition coefficient (Wildman–Crippen LogP) is 6.27. The van der Waals surface area contributed by atoms with Crippen LogP contribution in [-0.2, 0) is 5.41 Å². The van der Waals surface area contributed by atoms with Gasteiger partial charge in [-0.25, -0.2) is 18.7 Å². The van der Waals surface area contributed by atoms with E-state index >= 15 is 4.39 Å². The molecule has 1 aliphatic heterocycles. The second-order valence-corrected chi connectivity index (χ2v) is 11.3. The maximum Gasteiger partial charge on any atom is 0.255 e. The van der Waals surface area contributed by atoms with Gasteiger partial charge in [-0.1, -0.05) is 6.07 Å². The van der Waals surface area contributed by atoms with Crippen molar-refractivity contribution >= 4 is 22.7 Å². The van der Waals surface area contributed by atoms with E-state index in [9.17, 15) is 14.0 Å². The number of Topliss-reactive ketones (excluding diaryl/α,β-unsaturated/α-hetero) is 1. The summed E-state index contributed by atoms with van der Waals surface area (Å²) in [5.74, 6) is -0.921. The number of likely N-dealkylation sites (N-methyl/N-ethyl adjacent to an activating group) is 1. The third-order valence-corrected chi connectivity index (χ3v) is 8.20. The van der Waals surface area contributed by atoms with Crippen molar-refractivity contribution in [3.05, 3.63) is 107 Å². The number of fused-ring (bicyclic) bond motifs is 1. The van der Waals surface area contributed by atoms with Crippen LogP contribution >= 0.6 is 0 Å². The summed E-state index contributed by atoms with van der Waals surface area (Å²) < 4.78 is 36.1. The second-order valence-electron chi connectivity index (χ2n) is 11.3. The Bertz CT molecular complexity index is 1880. The highest BCUT2D eigenvalue weighted by atomic mass is 19.1. The second kappa shape index (κ2) is 10.8. The molecule has 6 rings (SSSR count). The van der Waals surface area contributed by atoms with Gasteiger partial charge in [-0.3, -0.25) is 9.59 Å². The topological polar surface area (TPSA) is 88.3 Å². The van der Waals surface area contributed by atoms with Crippen LogP contribution in [0.5, 0.6) is 0 Å². The van der Waals surface area contributed by atoms with E-state index in [0.717, 1.165) is 11.1 Å². The summed E-state index contributed by atoms with van der Waals surface area (Å²) in [4.78, 5) is 37.9. The van der Waals surface area contributed by atoms with Gasteiger partial charge in [0.15, 0.2) is 5.78 Å². The van der Waals surface area contributed by atoms with Gasteiger partial charge < -0.3 is 14.6 Å². The Kier molecular flexibility index (Phi) is 7.14. The minimum atomic E-state index is -0.645. The smallest absolute Gasteiger partial charge is 0.255 e. The lowest BCUT2D eigenvalue weighted by Crippen LogP contribution is -2.59. The van der Waals surface area contributed by atoms with Crippen LogP contribution < -0.4 is 5.32 Å². The number of ketones is 1. The number of hydrogen-bond donors (Lipinski definition) is 1. The van der Waals surface area contributed by atoms with Crippen molar-refractivity contribution in [2.75, 3.05) is 27.2 Å². The number of nitrogens with zero attached hydrogens (tertiary/aromatic N) is 3. The summed E-state index contributed by atoms with van der Waals surface area (Å²) in [7, 11) is 3.44. The van der Waals surface area contributed by atoms with Crippen molar-refractivity contribution < 1.29 is 22.8 Å². The van der Waals surface area contributed by atoms with Crippen LogP contribution in [0.3, 0.4) is 0 Å². The van der Waals surface area contributed by atoms with E-state index in [4.69, 9.17) is 4.42 Å². The fourth-order valence-electron chi connectivity index (χ4n) is 6.24. The van der Waals surface area contributed by atoms with Crippen LogP contribution in [0.15, 0.2) is 71.4 Å². The fraction of sp³-hybridized carbons (Fsp3) is 0.235. The van der Waals surface area contributed by atoms with Gasteiger partial charge in [0.25, 0.3) is 5.91 Å². The number of nitrogens with one attached hydrogen (secondary N) is 1. The molecule has 7 nitrogen and oxygen atoms in total. The molecular weight excluding hydrogens is 550 g/mol. The van der Waals surface area contributed by atoms with Crippen molar-refractivity contribution in [3.63, 3.8) is 0 Å². The van der Waals surface area contributed by atoms with Gasteiger partial charge in [-0.05, 0) is 86.1 Å². The molecule has 0 saturated carbocycles. The molecule has 0 atom stereocenters. The Morgan fingerprint density at radius 2 is 1.67 bits per heavy atom. The quantitative estimate of drug-likeness (QED) is 0.229. The van der Waals surface area contributed by atoms with Crippen molar-refractivity contribution in [1.29, 1.82) is 0 Å². The number of hydrogen-bond acceptors (Lipinski definition) is 6. The number of benzene rings is 3. The number of carbonyl (C=O) groups is 2. The van der Waals surface area contributed by atoms with E-state index in [1.165, 1.54) is 31.3 Å². The number of furan rings is 1. The van der Waals surface area contributed by atoms with Crippen molar-refractivity contribution in [2.45, 2.75) is 25.7 Å². The van der Waals surface area contributed by atoms with E-state index < -0.39 is 23.0 Å². The summed E-state index contributed by atoms with van der Waals surface area (Å²) in [6.07, 6.45) is 3.59. The zero-order valence-corrected chi connectivity index (χ0v) is 24.3. The molecule has 3 aromatic carbocycles. The maximum atomic E-state index is 16.5. The molecule has 0 radical (unpaired) electrons. The molecule has 0 spiro atoms. The van der Waals surface area contributed by atoms with Gasteiger partial charge in [-0.2, -0.15) is 0 Å². The first kappa shape index (κ1) is 28.4. The number of halogens is 2. The Hall–Kier alpha value is -4.76. The SMILES string of the molecule is CNC(=O)c1c(-c2ccc(F)cc2)oc2ccc(-c3cc(C(=O)CC4(c5ncccn5)CN(C)C4)c(C)cc3C)c(F)c12. The van der Waals surface area contributed by atoms with E-state index in [1.54, 1.807) is 36.7 Å². The van der Waals surface area contributed by atoms with E-state index in [1.807, 2.05) is 27.0 Å². The number of rotatable bonds is 7. The van der Waals surface area contributed by atoms with Crippen LogP contribution in [-0.4, -0.2) is 53.7 Å². The average Bonchev–Trinajstić information content (AvgIpc) is 3.38. The molecule has 43 heavy (non-hydrogen) atoms. The normalized spacial score (nSPS) is 14.5. The summed E-state index contributed by atoms with van der Waals surface area (Å²) >= 11 is 0. The lowest BCUT2D eigenvalue weighted by Gasteiger charge is -2.47. The third kappa shape index (κ3) is 4.89. The zero-order chi connectivity index (χ0) is 30.5. The van der Waals surface area contributed by atoms with Crippen LogP contribution in [0.2, 0.25) is 0 Å². The van der Waals surface area contributed by atoms with Crippen LogP contribution in [0, 0.1) is 25.5 Å². The Morgan fingerprint density at radius 3 is 2.33 bits per heavy atom. The highest BCUT2D eigenvalue weighted by Gasteiger charge is 2.46. The molecule has 0 unspecified atom stereocenters. The third-order valence-electron chi connectivity index (χ3n) is 8.20. The first-order valence-electron chi connectivity index (χ1n) is 14.0. The fourth-order valence-corrected chi connectivity index (χ4v) is 6.24. The van der Waals surface area contributed by atoms with E-state index in [0.29, 0.717) is 35.6 Å². The monoisotopic (exact) mass is 580 g/mol. The summed E-state index contributed by atoms with van der Waals surface area (Å²) in [5.41, 5.74) is 2.98. The van der Waals surface area contributed by atoms with Crippen molar-refractivity contribution in [3.8, 4) is 22.5 Å². The lowest BCUT2D eigenvalue weighted by molar-refractivity contribution is 0.0639. The molecule has 9 heteroatoms. The first-order valence-corrected chi connectivity index (χ1v) is 14.0. The molecule has 5 aromatic rings. The molecule has 1 fully saturated rings. The predicted molar refractivity (Wildman–Crippen MR) is 160 cm³/mol. The minimum absolute atomic E-state index is 0.0155. The summed E-state index contributed by atoms with van der Waals surface area (Å²) in [6.45, 7) is 5.05. The molecule has 0 aliphatic carbocycles. The highest BCUT2D eigenvalue weighted by Crippen LogP contribution is 2.41. The van der Waals surface area contributed by atoms with Crippen molar-refractivity contribution in [1.82, 2.24) is 20.2 Å². The molecular formula is C34H30F2N4O3. The number of carbonyl (C=O) groups excluding carboxylic acids is 2. The van der Waals surface area contributed by atoms with E-state index in [-0.39, 0.29) is 40.1 Å². The highest BCUT2D eigenvalue weighted by molar-refractivity contribution is 6.12. The Morgan fingerprint density at radius 1 is 0.977 bits per heavy atom. The van der Waals surface area contributed by atoms with Gasteiger partial charge in [-0.15, -0.1) is 0 Å². The standard InChI is InChI=1S/C34H30F2N4O3/c1-19-14-20(2)25(26(41)16-34(17-40(4)18-34)33-38-12-5-13-39-33)15-24(19)23-10-11-27-28(30(23)36)29(32(42)37-3)31(43-27)21-6-8-22(35)9-7-21/h5-15H,16-18H2,1-4H3,(H,37,42). The number of aryl methyl sites for hydroxylation is 2. The molecule has 1 aliphatic rings. The molecule has 1 N–H and O–H groups in total. The van der Waals surface area contributed by atoms with Gasteiger partial charge in [0.05, 0.1) is 16.4 Å². The molecule has 218 valence electrons. The minimum Gasteiger partial charge on any atom is -0.455 e. The lowest BCUT2D eigenvalue weighted by atomic mass is 9.73. The number of amides is 1. The summed E-state index contributed by atoms with van der Waals surface area (Å²) in [6, 6.07) is 14.0. The largest absolute Gasteiger partial charge is 0.455 e. The van der Waals surface area contributed by atoms with Crippen LogP contribution in [0.1, 0.15) is 44.1 Å². The van der Waals surface area contributed by atoms with Gasteiger partial charge >= 0.3 is 0 Å². The summed E-state index contributed by atoms with van der Waals surface area (Å²) in [5, 5.41) is 2.58. The average molecular weight is 581 g/mol. The number of aromatic nitrogens is 2. The molecule has 3 heterocycles. The van der Waals surface area contributed by atoms with Crippen LogP contribution in [0.25, 0.3) is 33.4 Å². The van der Waals surface area contributed by atoms with Crippen LogP contribution in [0.4, 0.5) is 8.78 Å². The molecule has 2 aromatic heterocycles. The Labute approximate surface area is 247 Å². The maximum absolute atomic E-state index is 16.5. The van der Waals surface area contributed by atoms with Gasteiger partial charge in [0, 0.05) is 55.6 Å². The van der Waals surface area contributed by atoms with Gasteiger partial charge in [0.1, 0.15) is 28.8 Å². The molecule has 0 bridgehead atoms. The van der Waals surface area contributed by atoms with E-state index in [2.05, 4.69) is 20.2 Å². The molecule has 1 saturated heterocycles. The first-order chi connectivity index (χ1) is 20.6. The van der Waals surface area contributed by atoms with Crippen molar-refractivity contribution in [2.24, 2.45) is 0 Å². The van der Waals surface area contributed by atoms with Gasteiger partial charge in [0.2, 0.25) is 0 Å².